The first-order chi connectivity index (χ1) is 13.3. The van der Waals surface area contributed by atoms with Gasteiger partial charge in [-0.2, -0.15) is 13.2 Å². The van der Waals surface area contributed by atoms with Gasteiger partial charge in [-0.25, -0.2) is 4.98 Å². The lowest BCUT2D eigenvalue weighted by atomic mass is 10.2. The van der Waals surface area contributed by atoms with Crippen LogP contribution in [-0.4, -0.2) is 41.9 Å². The predicted molar refractivity (Wildman–Crippen MR) is 93.2 cm³/mol. The second kappa shape index (κ2) is 9.77. The van der Waals surface area contributed by atoms with Crippen LogP contribution >= 0.6 is 0 Å². The summed E-state index contributed by atoms with van der Waals surface area (Å²) in [5.74, 6) is 0.574. The van der Waals surface area contributed by atoms with Crippen molar-refractivity contribution in [3.8, 4) is 17.4 Å². The molecule has 10 heteroatoms. The topological polar surface area (TPSA) is 82.6 Å². The monoisotopic (exact) mass is 399 g/mol. The number of carbonyl (C=O) groups is 1. The average Bonchev–Trinajstić information content (AvgIpc) is 2.66. The highest BCUT2D eigenvalue weighted by atomic mass is 19.4. The van der Waals surface area contributed by atoms with Crippen LogP contribution in [0.15, 0.2) is 36.7 Å². The number of hydrogen-bond acceptors (Lipinski definition) is 6. The fraction of sp³-hybridized carbons (Fsp3) is 0.389. The second-order valence-corrected chi connectivity index (χ2v) is 5.67. The molecule has 0 saturated heterocycles. The van der Waals surface area contributed by atoms with Crippen molar-refractivity contribution < 1.29 is 32.2 Å². The van der Waals surface area contributed by atoms with Crippen LogP contribution in [0.4, 0.5) is 13.2 Å². The van der Waals surface area contributed by atoms with Crippen LogP contribution in [0.25, 0.3) is 0 Å². The maximum atomic E-state index is 12.1. The molecular weight excluding hydrogens is 379 g/mol. The molecule has 0 saturated carbocycles. The van der Waals surface area contributed by atoms with E-state index in [2.05, 4.69) is 20.0 Å². The zero-order valence-corrected chi connectivity index (χ0v) is 15.3. The number of hydrogen-bond donors (Lipinski definition) is 1. The van der Waals surface area contributed by atoms with Gasteiger partial charge < -0.3 is 19.5 Å². The largest absolute Gasteiger partial charge is 0.494 e. The van der Waals surface area contributed by atoms with E-state index in [1.807, 2.05) is 6.92 Å². The standard InChI is InChI=1S/C18H20F3N3O4/c1-3-26-13-4-6-14(7-5-13)27-10-16(25)24-12(2)15-8-23-17(9-22-15)28-11-18(19,20)21/h4-9,12H,3,10-11H2,1-2H3,(H,24,25)/t12-/m1/s1. The Bertz CT molecular complexity index is 752. The molecule has 1 N–H and O–H groups in total. The molecule has 1 amide bonds. The van der Waals surface area contributed by atoms with Crippen LogP contribution in [0.2, 0.25) is 0 Å². The van der Waals surface area contributed by atoms with Gasteiger partial charge in [0.15, 0.2) is 13.2 Å². The Morgan fingerprint density at radius 3 is 2.25 bits per heavy atom. The number of aromatic nitrogens is 2. The van der Waals surface area contributed by atoms with Crippen molar-refractivity contribution in [2.24, 2.45) is 0 Å². The molecule has 0 unspecified atom stereocenters. The first kappa shape index (κ1) is 21.3. The van der Waals surface area contributed by atoms with Crippen molar-refractivity contribution in [3.05, 3.63) is 42.4 Å². The summed E-state index contributed by atoms with van der Waals surface area (Å²) in [6.45, 7) is 2.44. The van der Waals surface area contributed by atoms with Crippen LogP contribution < -0.4 is 19.5 Å². The van der Waals surface area contributed by atoms with Gasteiger partial charge in [-0.05, 0) is 38.1 Å². The first-order valence-electron chi connectivity index (χ1n) is 8.43. The lowest BCUT2D eigenvalue weighted by Crippen LogP contribution is -2.31. The van der Waals surface area contributed by atoms with E-state index in [9.17, 15) is 18.0 Å². The van der Waals surface area contributed by atoms with Gasteiger partial charge in [0.2, 0.25) is 5.88 Å². The van der Waals surface area contributed by atoms with Crippen LogP contribution in [0.5, 0.6) is 17.4 Å². The van der Waals surface area contributed by atoms with E-state index < -0.39 is 18.8 Å². The highest BCUT2D eigenvalue weighted by Crippen LogP contribution is 2.18. The van der Waals surface area contributed by atoms with Gasteiger partial charge in [0.05, 0.1) is 30.7 Å². The SMILES string of the molecule is CCOc1ccc(OCC(=O)N[C@H](C)c2cnc(OCC(F)(F)F)cn2)cc1. The Balaban J connectivity index is 1.79. The van der Waals surface area contributed by atoms with E-state index in [4.69, 9.17) is 9.47 Å². The molecule has 0 aliphatic carbocycles. The third-order valence-corrected chi connectivity index (χ3v) is 3.36. The number of ether oxygens (including phenoxy) is 3. The summed E-state index contributed by atoms with van der Waals surface area (Å²) in [5.41, 5.74) is 0.369. The summed E-state index contributed by atoms with van der Waals surface area (Å²) in [4.78, 5) is 19.7. The third kappa shape index (κ3) is 7.29. The van der Waals surface area contributed by atoms with Crippen LogP contribution in [-0.2, 0) is 4.79 Å². The molecule has 7 nitrogen and oxygen atoms in total. The zero-order chi connectivity index (χ0) is 20.6. The minimum Gasteiger partial charge on any atom is -0.494 e. The van der Waals surface area contributed by atoms with E-state index in [0.29, 0.717) is 23.8 Å². The van der Waals surface area contributed by atoms with E-state index in [1.165, 1.54) is 6.20 Å². The van der Waals surface area contributed by atoms with Crippen molar-refractivity contribution in [1.29, 1.82) is 0 Å². The smallest absolute Gasteiger partial charge is 0.422 e. The van der Waals surface area contributed by atoms with Crippen LogP contribution in [0, 0.1) is 0 Å². The van der Waals surface area contributed by atoms with Gasteiger partial charge in [0.25, 0.3) is 5.91 Å². The molecule has 0 aliphatic rings. The molecule has 0 bridgehead atoms. The summed E-state index contributed by atoms with van der Waals surface area (Å²) in [6.07, 6.45) is -2.14. The van der Waals surface area contributed by atoms with Crippen molar-refractivity contribution in [1.82, 2.24) is 15.3 Å². The highest BCUT2D eigenvalue weighted by Gasteiger charge is 2.28. The first-order valence-corrected chi connectivity index (χ1v) is 8.43. The lowest BCUT2D eigenvalue weighted by molar-refractivity contribution is -0.154. The minimum atomic E-state index is -4.45. The van der Waals surface area contributed by atoms with Gasteiger partial charge in [-0.15, -0.1) is 0 Å². The number of benzene rings is 1. The fourth-order valence-electron chi connectivity index (χ4n) is 2.08. The number of carbonyl (C=O) groups excluding carboxylic acids is 1. The minimum absolute atomic E-state index is 0.210. The Labute approximate surface area is 159 Å². The van der Waals surface area contributed by atoms with E-state index in [1.54, 1.807) is 31.2 Å². The number of rotatable bonds is 9. The van der Waals surface area contributed by atoms with Gasteiger partial charge >= 0.3 is 6.18 Å². The number of amides is 1. The molecular formula is C18H20F3N3O4. The third-order valence-electron chi connectivity index (χ3n) is 3.36. The Morgan fingerprint density at radius 2 is 1.71 bits per heavy atom. The molecule has 2 aromatic rings. The number of halogens is 3. The second-order valence-electron chi connectivity index (χ2n) is 5.67. The maximum absolute atomic E-state index is 12.1. The number of nitrogens with one attached hydrogen (secondary N) is 1. The van der Waals surface area contributed by atoms with Crippen molar-refractivity contribution in [3.63, 3.8) is 0 Å². The molecule has 1 aromatic carbocycles. The average molecular weight is 399 g/mol. The zero-order valence-electron chi connectivity index (χ0n) is 15.3. The summed E-state index contributed by atoms with van der Waals surface area (Å²) in [6, 6.07) is 6.33. The highest BCUT2D eigenvalue weighted by molar-refractivity contribution is 5.77. The molecule has 0 fully saturated rings. The van der Waals surface area contributed by atoms with Gasteiger partial charge in [0.1, 0.15) is 11.5 Å². The molecule has 1 atom stereocenters. The lowest BCUT2D eigenvalue weighted by Gasteiger charge is -2.14. The molecule has 1 aromatic heterocycles. The Hall–Kier alpha value is -3.04. The van der Waals surface area contributed by atoms with Crippen molar-refractivity contribution >= 4 is 5.91 Å². The van der Waals surface area contributed by atoms with Crippen LogP contribution in [0.3, 0.4) is 0 Å². The predicted octanol–water partition coefficient (Wildman–Crippen LogP) is 3.07. The number of alkyl halides is 3. The molecule has 0 aliphatic heterocycles. The Morgan fingerprint density at radius 1 is 1.07 bits per heavy atom. The normalized spacial score (nSPS) is 12.2. The quantitative estimate of drug-likeness (QED) is 0.698. The summed E-state index contributed by atoms with van der Waals surface area (Å²) < 4.78 is 51.5. The van der Waals surface area contributed by atoms with Crippen LogP contribution in [0.1, 0.15) is 25.6 Å². The van der Waals surface area contributed by atoms with Gasteiger partial charge in [-0.1, -0.05) is 0 Å². The fourth-order valence-corrected chi connectivity index (χ4v) is 2.08. The molecule has 2 rings (SSSR count). The Kier molecular flexibility index (Phi) is 7.42. The molecule has 152 valence electrons. The summed E-state index contributed by atoms with van der Waals surface area (Å²) in [5, 5.41) is 2.66. The van der Waals surface area contributed by atoms with Gasteiger partial charge in [0, 0.05) is 0 Å². The molecule has 28 heavy (non-hydrogen) atoms. The van der Waals surface area contributed by atoms with E-state index in [-0.39, 0.29) is 18.4 Å². The van der Waals surface area contributed by atoms with E-state index >= 15 is 0 Å². The molecule has 0 spiro atoms. The van der Waals surface area contributed by atoms with Gasteiger partial charge in [-0.3, -0.25) is 9.78 Å². The number of nitrogens with zero attached hydrogens (tertiary/aromatic N) is 2. The molecule has 0 radical (unpaired) electrons. The summed E-state index contributed by atoms with van der Waals surface area (Å²) >= 11 is 0. The molecule has 1 heterocycles. The van der Waals surface area contributed by atoms with Crippen molar-refractivity contribution in [2.75, 3.05) is 19.8 Å². The van der Waals surface area contributed by atoms with Crippen molar-refractivity contribution in [2.45, 2.75) is 26.1 Å². The van der Waals surface area contributed by atoms with E-state index in [0.717, 1.165) is 6.20 Å². The maximum Gasteiger partial charge on any atom is 0.422 e. The summed E-state index contributed by atoms with van der Waals surface area (Å²) in [7, 11) is 0.